The number of nitrogens with two attached hydrogens (primary N) is 1. The molecule has 4 nitrogen and oxygen atoms in total. The van der Waals surface area contributed by atoms with Gasteiger partial charge in [-0.05, 0) is 12.3 Å². The van der Waals surface area contributed by atoms with Gasteiger partial charge in [0.05, 0.1) is 12.4 Å². The normalized spacial score (nSPS) is 25.6. The molecule has 1 fully saturated rings. The number of anilines is 2. The summed E-state index contributed by atoms with van der Waals surface area (Å²) in [5, 5.41) is 3.31. The summed E-state index contributed by atoms with van der Waals surface area (Å²) < 4.78 is 0. The second-order valence-electron chi connectivity index (χ2n) is 3.48. The Morgan fingerprint density at radius 3 is 2.92 bits per heavy atom. The maximum Gasteiger partial charge on any atom is 0.144 e. The second kappa shape index (κ2) is 3.20. The summed E-state index contributed by atoms with van der Waals surface area (Å²) >= 11 is 0. The van der Waals surface area contributed by atoms with Crippen molar-refractivity contribution in [2.75, 3.05) is 11.1 Å². The lowest BCUT2D eigenvalue weighted by atomic mass is 10.3. The first kappa shape index (κ1) is 8.29. The van der Waals surface area contributed by atoms with Crippen LogP contribution in [0.1, 0.15) is 19.8 Å². The van der Waals surface area contributed by atoms with Crippen LogP contribution in [0.15, 0.2) is 12.4 Å². The minimum absolute atomic E-state index is 0.466. The molecule has 0 radical (unpaired) electrons. The third-order valence-corrected chi connectivity index (χ3v) is 2.45. The lowest BCUT2D eigenvalue weighted by Gasteiger charge is -2.02. The fraction of sp³-hybridized carbons (Fsp3) is 0.556. The van der Waals surface area contributed by atoms with Crippen molar-refractivity contribution in [3.8, 4) is 0 Å². The minimum atomic E-state index is 0.466. The maximum absolute atomic E-state index is 5.43. The standard InChI is InChI=1S/C9H14N4/c1-2-6-3-7(6)13-9-5-11-8(10)4-12-9/h4-7H,2-3H2,1H3,(H2,10,11)(H,12,13). The zero-order chi connectivity index (χ0) is 9.26. The van der Waals surface area contributed by atoms with E-state index in [4.69, 9.17) is 5.73 Å². The fourth-order valence-corrected chi connectivity index (χ4v) is 1.48. The molecule has 1 heterocycles. The number of nitrogens with zero attached hydrogens (tertiary/aromatic N) is 2. The Hall–Kier alpha value is -1.32. The molecule has 1 aromatic rings. The number of nitrogens with one attached hydrogen (secondary N) is 1. The van der Waals surface area contributed by atoms with Gasteiger partial charge >= 0.3 is 0 Å². The first-order valence-electron chi connectivity index (χ1n) is 4.63. The summed E-state index contributed by atoms with van der Waals surface area (Å²) in [6.07, 6.45) is 5.74. The van der Waals surface area contributed by atoms with E-state index in [0.29, 0.717) is 11.9 Å². The monoisotopic (exact) mass is 178 g/mol. The number of rotatable bonds is 3. The molecule has 0 saturated heterocycles. The van der Waals surface area contributed by atoms with E-state index in [2.05, 4.69) is 22.2 Å². The summed E-state index contributed by atoms with van der Waals surface area (Å²) in [5.74, 6) is 2.11. The molecule has 2 unspecified atom stereocenters. The van der Waals surface area contributed by atoms with E-state index in [-0.39, 0.29) is 0 Å². The first-order chi connectivity index (χ1) is 6.29. The van der Waals surface area contributed by atoms with Gasteiger partial charge in [-0.25, -0.2) is 9.97 Å². The van der Waals surface area contributed by atoms with Crippen LogP contribution < -0.4 is 11.1 Å². The van der Waals surface area contributed by atoms with Gasteiger partial charge in [0.2, 0.25) is 0 Å². The van der Waals surface area contributed by atoms with Gasteiger partial charge in [-0.2, -0.15) is 0 Å². The van der Waals surface area contributed by atoms with Crippen molar-refractivity contribution in [2.45, 2.75) is 25.8 Å². The van der Waals surface area contributed by atoms with Crippen LogP contribution >= 0.6 is 0 Å². The van der Waals surface area contributed by atoms with Gasteiger partial charge < -0.3 is 11.1 Å². The Kier molecular flexibility index (Phi) is 2.04. The highest BCUT2D eigenvalue weighted by Gasteiger charge is 2.35. The highest BCUT2D eigenvalue weighted by atomic mass is 15.1. The van der Waals surface area contributed by atoms with E-state index in [1.165, 1.54) is 12.8 Å². The summed E-state index contributed by atoms with van der Waals surface area (Å²) in [6.45, 7) is 2.21. The Labute approximate surface area is 77.6 Å². The highest BCUT2D eigenvalue weighted by molar-refractivity contribution is 5.38. The van der Waals surface area contributed by atoms with Gasteiger partial charge in [0.15, 0.2) is 0 Å². The third-order valence-electron chi connectivity index (χ3n) is 2.45. The molecule has 0 bridgehead atoms. The molecule has 2 rings (SSSR count). The SMILES string of the molecule is CCC1CC1Nc1cnc(N)cn1. The summed E-state index contributed by atoms with van der Waals surface area (Å²) in [5.41, 5.74) is 5.43. The zero-order valence-corrected chi connectivity index (χ0v) is 7.70. The number of aromatic nitrogens is 2. The van der Waals surface area contributed by atoms with E-state index < -0.39 is 0 Å². The van der Waals surface area contributed by atoms with E-state index in [9.17, 15) is 0 Å². The Morgan fingerprint density at radius 2 is 2.38 bits per heavy atom. The maximum atomic E-state index is 5.43. The molecular formula is C9H14N4. The van der Waals surface area contributed by atoms with Crippen molar-refractivity contribution in [3.05, 3.63) is 12.4 Å². The third kappa shape index (κ3) is 1.88. The van der Waals surface area contributed by atoms with Crippen LogP contribution in [0.3, 0.4) is 0 Å². The molecule has 0 aliphatic heterocycles. The Bertz CT molecular complexity index is 282. The topological polar surface area (TPSA) is 63.8 Å². The largest absolute Gasteiger partial charge is 0.382 e. The van der Waals surface area contributed by atoms with Crippen LogP contribution in [-0.4, -0.2) is 16.0 Å². The van der Waals surface area contributed by atoms with Crippen LogP contribution in [0.5, 0.6) is 0 Å². The molecule has 1 aliphatic rings. The predicted molar refractivity (Wildman–Crippen MR) is 52.3 cm³/mol. The number of nitrogen functional groups attached to an aromatic ring is 1. The summed E-state index contributed by atoms with van der Waals surface area (Å²) in [6, 6.07) is 0.600. The average Bonchev–Trinajstić information content (AvgIpc) is 2.88. The van der Waals surface area contributed by atoms with Crippen molar-refractivity contribution in [1.29, 1.82) is 0 Å². The fourth-order valence-electron chi connectivity index (χ4n) is 1.48. The summed E-state index contributed by atoms with van der Waals surface area (Å²) in [7, 11) is 0. The molecule has 3 N–H and O–H groups in total. The van der Waals surface area contributed by atoms with Crippen LogP contribution in [0.2, 0.25) is 0 Å². The van der Waals surface area contributed by atoms with Crippen LogP contribution in [0, 0.1) is 5.92 Å². The molecule has 0 aromatic carbocycles. The second-order valence-corrected chi connectivity index (χ2v) is 3.48. The van der Waals surface area contributed by atoms with Gasteiger partial charge in [-0.3, -0.25) is 0 Å². The van der Waals surface area contributed by atoms with E-state index in [1.807, 2.05) is 0 Å². The van der Waals surface area contributed by atoms with Crippen LogP contribution in [-0.2, 0) is 0 Å². The van der Waals surface area contributed by atoms with Gasteiger partial charge in [0.1, 0.15) is 11.6 Å². The van der Waals surface area contributed by atoms with Gasteiger partial charge in [-0.1, -0.05) is 13.3 Å². The Morgan fingerprint density at radius 1 is 1.54 bits per heavy atom. The molecule has 0 spiro atoms. The lowest BCUT2D eigenvalue weighted by molar-refractivity contribution is 0.773. The zero-order valence-electron chi connectivity index (χ0n) is 7.70. The van der Waals surface area contributed by atoms with E-state index >= 15 is 0 Å². The van der Waals surface area contributed by atoms with Crippen molar-refractivity contribution in [1.82, 2.24) is 9.97 Å². The average molecular weight is 178 g/mol. The molecule has 70 valence electrons. The molecule has 1 saturated carbocycles. The molecule has 0 amide bonds. The molecule has 13 heavy (non-hydrogen) atoms. The number of hydrogen-bond acceptors (Lipinski definition) is 4. The number of hydrogen-bond donors (Lipinski definition) is 2. The molecule has 4 heteroatoms. The van der Waals surface area contributed by atoms with Crippen LogP contribution in [0.4, 0.5) is 11.6 Å². The molecular weight excluding hydrogens is 164 g/mol. The molecule has 1 aliphatic carbocycles. The predicted octanol–water partition coefficient (Wildman–Crippen LogP) is 1.27. The van der Waals surface area contributed by atoms with Crippen LogP contribution in [0.25, 0.3) is 0 Å². The molecule has 1 aromatic heterocycles. The lowest BCUT2D eigenvalue weighted by Crippen LogP contribution is -2.06. The quantitative estimate of drug-likeness (QED) is 0.731. The van der Waals surface area contributed by atoms with E-state index in [1.54, 1.807) is 12.4 Å². The summed E-state index contributed by atoms with van der Waals surface area (Å²) in [4.78, 5) is 8.09. The van der Waals surface area contributed by atoms with Crippen molar-refractivity contribution in [2.24, 2.45) is 5.92 Å². The van der Waals surface area contributed by atoms with Gasteiger partial charge in [0.25, 0.3) is 0 Å². The van der Waals surface area contributed by atoms with Gasteiger partial charge in [-0.15, -0.1) is 0 Å². The van der Waals surface area contributed by atoms with Crippen molar-refractivity contribution in [3.63, 3.8) is 0 Å². The van der Waals surface area contributed by atoms with Crippen molar-refractivity contribution >= 4 is 11.6 Å². The smallest absolute Gasteiger partial charge is 0.144 e. The van der Waals surface area contributed by atoms with Gasteiger partial charge in [0, 0.05) is 6.04 Å². The molecule has 2 atom stereocenters. The highest BCUT2D eigenvalue weighted by Crippen LogP contribution is 2.35. The first-order valence-corrected chi connectivity index (χ1v) is 4.63. The Balaban J connectivity index is 1.92. The van der Waals surface area contributed by atoms with Crippen molar-refractivity contribution < 1.29 is 0 Å². The van der Waals surface area contributed by atoms with E-state index in [0.717, 1.165) is 11.7 Å². The minimum Gasteiger partial charge on any atom is -0.382 e.